The van der Waals surface area contributed by atoms with Crippen LogP contribution in [0.3, 0.4) is 0 Å². The van der Waals surface area contributed by atoms with Crippen LogP contribution in [0.5, 0.6) is 0 Å². The van der Waals surface area contributed by atoms with Gasteiger partial charge in [-0.2, -0.15) is 0 Å². The van der Waals surface area contributed by atoms with Crippen molar-refractivity contribution in [2.45, 2.75) is 18.2 Å². The third-order valence-electron chi connectivity index (χ3n) is 3.11. The molecule has 0 spiro atoms. The Hall–Kier alpha value is -1.56. The summed E-state index contributed by atoms with van der Waals surface area (Å²) < 4.78 is 27.3. The van der Waals surface area contributed by atoms with E-state index >= 15 is 0 Å². The molecule has 0 saturated carbocycles. The van der Waals surface area contributed by atoms with Crippen LogP contribution in [0.25, 0.3) is 0 Å². The molecule has 0 heterocycles. The number of hydrogen-bond donors (Lipinski definition) is 2. The third kappa shape index (κ3) is 3.75. The summed E-state index contributed by atoms with van der Waals surface area (Å²) in [5.41, 5.74) is 1.93. The van der Waals surface area contributed by atoms with Crippen molar-refractivity contribution in [1.29, 1.82) is 0 Å². The maximum atomic E-state index is 12.4. The van der Waals surface area contributed by atoms with Crippen molar-refractivity contribution >= 4 is 27.3 Å². The van der Waals surface area contributed by atoms with Gasteiger partial charge >= 0.3 is 0 Å². The van der Waals surface area contributed by atoms with Crippen LogP contribution in [0.15, 0.2) is 47.4 Å². The number of sulfonamides is 1. The van der Waals surface area contributed by atoms with Gasteiger partial charge in [-0.25, -0.2) is 8.42 Å². The van der Waals surface area contributed by atoms with E-state index in [1.807, 2.05) is 0 Å². The summed E-state index contributed by atoms with van der Waals surface area (Å²) in [4.78, 5) is 0.162. The molecule has 0 bridgehead atoms. The van der Waals surface area contributed by atoms with E-state index in [-0.39, 0.29) is 11.5 Å². The predicted molar refractivity (Wildman–Crippen MR) is 84.2 cm³/mol. The number of nitrogens with one attached hydrogen (secondary N) is 1. The van der Waals surface area contributed by atoms with Crippen molar-refractivity contribution < 1.29 is 13.5 Å². The zero-order valence-corrected chi connectivity index (χ0v) is 13.1. The third-order valence-corrected chi connectivity index (χ3v) is 5.05. The lowest BCUT2D eigenvalue weighted by molar-refractivity contribution is 0.299. The highest BCUT2D eigenvalue weighted by atomic mass is 35.5. The van der Waals surface area contributed by atoms with Gasteiger partial charge in [0.05, 0.1) is 4.90 Å². The zero-order chi connectivity index (χ0) is 15.5. The van der Waals surface area contributed by atoms with Crippen molar-refractivity contribution in [3.8, 4) is 0 Å². The van der Waals surface area contributed by atoms with Crippen molar-refractivity contribution in [3.05, 3.63) is 58.6 Å². The topological polar surface area (TPSA) is 66.4 Å². The normalized spacial score (nSPS) is 11.4. The second-order valence-electron chi connectivity index (χ2n) is 4.64. The molecule has 0 radical (unpaired) electrons. The molecule has 2 N–H and O–H groups in total. The number of aliphatic hydroxyl groups is 1. The number of anilines is 1. The smallest absolute Gasteiger partial charge is 0.262 e. The maximum absolute atomic E-state index is 12.4. The molecule has 0 fully saturated rings. The fraction of sp³-hybridized carbons (Fsp3) is 0.200. The largest absolute Gasteiger partial charge is 0.396 e. The molecule has 2 aromatic rings. The Labute approximate surface area is 129 Å². The minimum Gasteiger partial charge on any atom is -0.396 e. The van der Waals surface area contributed by atoms with Crippen LogP contribution in [0.4, 0.5) is 5.69 Å². The average Bonchev–Trinajstić information content (AvgIpc) is 2.44. The van der Waals surface area contributed by atoms with Gasteiger partial charge in [0.25, 0.3) is 10.0 Å². The minimum absolute atomic E-state index is 0.0623. The van der Waals surface area contributed by atoms with E-state index < -0.39 is 10.0 Å². The molecule has 0 atom stereocenters. The number of benzene rings is 2. The van der Waals surface area contributed by atoms with E-state index in [0.717, 1.165) is 5.56 Å². The first-order valence-corrected chi connectivity index (χ1v) is 8.28. The Bertz CT molecular complexity index is 727. The zero-order valence-electron chi connectivity index (χ0n) is 11.5. The lowest BCUT2D eigenvalue weighted by atomic mass is 10.1. The molecule has 0 aromatic heterocycles. The summed E-state index contributed by atoms with van der Waals surface area (Å²) in [6.45, 7) is 1.73. The Kier molecular flexibility index (Phi) is 4.88. The van der Waals surface area contributed by atoms with Crippen LogP contribution in [-0.2, 0) is 16.4 Å². The Morgan fingerprint density at radius 2 is 1.81 bits per heavy atom. The van der Waals surface area contributed by atoms with Gasteiger partial charge in [0.1, 0.15) is 0 Å². The monoisotopic (exact) mass is 325 g/mol. The second kappa shape index (κ2) is 6.47. The van der Waals surface area contributed by atoms with Crippen molar-refractivity contribution in [1.82, 2.24) is 0 Å². The van der Waals surface area contributed by atoms with Crippen LogP contribution in [-0.4, -0.2) is 20.1 Å². The van der Waals surface area contributed by atoms with Gasteiger partial charge in [-0.05, 0) is 48.7 Å². The van der Waals surface area contributed by atoms with Gasteiger partial charge < -0.3 is 5.11 Å². The van der Waals surface area contributed by atoms with Crippen molar-refractivity contribution in [2.24, 2.45) is 0 Å². The molecule has 112 valence electrons. The standard InChI is InChI=1S/C15H16ClNO3S/c1-11-14(16)3-2-4-15(11)21(19,20)17-13-7-5-12(6-8-13)9-10-18/h2-8,17-18H,9-10H2,1H3. The molecule has 0 amide bonds. The van der Waals surface area contributed by atoms with E-state index in [4.69, 9.17) is 16.7 Å². The summed E-state index contributed by atoms with van der Waals surface area (Å²) in [6, 6.07) is 11.7. The highest BCUT2D eigenvalue weighted by molar-refractivity contribution is 7.92. The molecule has 2 rings (SSSR count). The number of hydrogen-bond acceptors (Lipinski definition) is 3. The maximum Gasteiger partial charge on any atom is 0.262 e. The first kappa shape index (κ1) is 15.8. The van der Waals surface area contributed by atoms with E-state index in [0.29, 0.717) is 22.7 Å². The Morgan fingerprint density at radius 3 is 2.43 bits per heavy atom. The summed E-state index contributed by atoms with van der Waals surface area (Å²) in [6.07, 6.45) is 0.542. The van der Waals surface area contributed by atoms with E-state index in [9.17, 15) is 8.42 Å². The minimum atomic E-state index is -3.68. The summed E-state index contributed by atoms with van der Waals surface area (Å²) in [5, 5.41) is 9.27. The summed E-state index contributed by atoms with van der Waals surface area (Å²) >= 11 is 5.96. The first-order chi connectivity index (χ1) is 9.94. The van der Waals surface area contributed by atoms with E-state index in [1.165, 1.54) is 6.07 Å². The predicted octanol–water partition coefficient (Wildman–Crippen LogP) is 2.98. The van der Waals surface area contributed by atoms with Gasteiger partial charge in [0.15, 0.2) is 0 Å². The molecule has 4 nitrogen and oxygen atoms in total. The van der Waals surface area contributed by atoms with Crippen LogP contribution in [0.2, 0.25) is 5.02 Å². The van der Waals surface area contributed by atoms with Crippen molar-refractivity contribution in [3.63, 3.8) is 0 Å². The second-order valence-corrected chi connectivity index (χ2v) is 6.70. The lowest BCUT2D eigenvalue weighted by Crippen LogP contribution is -2.14. The molecular formula is C15H16ClNO3S. The number of halogens is 1. The molecule has 0 aliphatic carbocycles. The van der Waals surface area contributed by atoms with Gasteiger partial charge in [0, 0.05) is 17.3 Å². The summed E-state index contributed by atoms with van der Waals surface area (Å²) in [5.74, 6) is 0. The molecule has 21 heavy (non-hydrogen) atoms. The average molecular weight is 326 g/mol. The summed E-state index contributed by atoms with van der Waals surface area (Å²) in [7, 11) is -3.68. The molecule has 0 aliphatic heterocycles. The quantitative estimate of drug-likeness (QED) is 0.888. The SMILES string of the molecule is Cc1c(Cl)cccc1S(=O)(=O)Nc1ccc(CCO)cc1. The molecule has 2 aromatic carbocycles. The molecular weight excluding hydrogens is 310 g/mol. The molecule has 0 saturated heterocycles. The van der Waals surface area contributed by atoms with Crippen LogP contribution in [0, 0.1) is 6.92 Å². The fourth-order valence-electron chi connectivity index (χ4n) is 1.96. The highest BCUT2D eigenvalue weighted by Gasteiger charge is 2.18. The Morgan fingerprint density at radius 1 is 1.14 bits per heavy atom. The molecule has 6 heteroatoms. The van der Waals surface area contributed by atoms with Gasteiger partial charge in [-0.1, -0.05) is 29.8 Å². The number of aliphatic hydroxyl groups excluding tert-OH is 1. The van der Waals surface area contributed by atoms with E-state index in [1.54, 1.807) is 43.3 Å². The van der Waals surface area contributed by atoms with Gasteiger partial charge in [0.2, 0.25) is 0 Å². The Balaban J connectivity index is 2.27. The van der Waals surface area contributed by atoms with E-state index in [2.05, 4.69) is 4.72 Å². The highest BCUT2D eigenvalue weighted by Crippen LogP contribution is 2.24. The van der Waals surface area contributed by atoms with Crippen LogP contribution < -0.4 is 4.72 Å². The first-order valence-electron chi connectivity index (χ1n) is 6.42. The van der Waals surface area contributed by atoms with Crippen LogP contribution >= 0.6 is 11.6 Å². The molecule has 0 unspecified atom stereocenters. The molecule has 0 aliphatic rings. The van der Waals surface area contributed by atoms with Crippen molar-refractivity contribution in [2.75, 3.05) is 11.3 Å². The number of rotatable bonds is 5. The van der Waals surface area contributed by atoms with Gasteiger partial charge in [-0.3, -0.25) is 4.72 Å². The van der Waals surface area contributed by atoms with Gasteiger partial charge in [-0.15, -0.1) is 0 Å². The van der Waals surface area contributed by atoms with Crippen LogP contribution in [0.1, 0.15) is 11.1 Å². The lowest BCUT2D eigenvalue weighted by Gasteiger charge is -2.11. The fourth-order valence-corrected chi connectivity index (χ4v) is 3.52.